The summed E-state index contributed by atoms with van der Waals surface area (Å²) in [5.41, 5.74) is 0.0292. The minimum absolute atomic E-state index is 0.0292. The third-order valence-corrected chi connectivity index (χ3v) is 1.74. The highest BCUT2D eigenvalue weighted by Gasteiger charge is 2.14. The van der Waals surface area contributed by atoms with E-state index in [9.17, 15) is 9.59 Å². The van der Waals surface area contributed by atoms with Crippen molar-refractivity contribution in [3.8, 4) is 5.75 Å². The second kappa shape index (κ2) is 5.16. The molecule has 0 aliphatic carbocycles. The zero-order valence-corrected chi connectivity index (χ0v) is 8.97. The van der Waals surface area contributed by atoms with Crippen LogP contribution in [-0.4, -0.2) is 23.3 Å². The normalized spacial score (nSPS) is 11.6. The molecule has 86 valence electrons. The minimum Gasteiger partial charge on any atom is -0.478 e. The summed E-state index contributed by atoms with van der Waals surface area (Å²) in [6.07, 6.45) is -0.821. The molecule has 1 rings (SSSR count). The minimum atomic E-state index is -1.09. The van der Waals surface area contributed by atoms with Crippen LogP contribution in [0, 0.1) is 0 Å². The first kappa shape index (κ1) is 12.0. The van der Waals surface area contributed by atoms with Gasteiger partial charge in [0.15, 0.2) is 0 Å². The number of carboxylic acid groups (broad SMARTS) is 1. The molecule has 0 aliphatic rings. The maximum atomic E-state index is 10.8. The third-order valence-electron chi connectivity index (χ3n) is 1.74. The Morgan fingerprint density at radius 1 is 1.31 bits per heavy atom. The lowest BCUT2D eigenvalue weighted by atomic mass is 10.2. The molecule has 16 heavy (non-hydrogen) atoms. The van der Waals surface area contributed by atoms with Gasteiger partial charge in [0.05, 0.1) is 0 Å². The van der Waals surface area contributed by atoms with Crippen LogP contribution in [0.15, 0.2) is 24.3 Å². The summed E-state index contributed by atoms with van der Waals surface area (Å²) in [5, 5.41) is 8.87. The van der Waals surface area contributed by atoms with Crippen molar-refractivity contribution in [2.45, 2.75) is 20.1 Å². The topological polar surface area (TPSA) is 72.8 Å². The second-order valence-corrected chi connectivity index (χ2v) is 3.10. The van der Waals surface area contributed by atoms with Crippen LogP contribution in [-0.2, 0) is 9.53 Å². The van der Waals surface area contributed by atoms with Crippen molar-refractivity contribution in [1.29, 1.82) is 0 Å². The highest BCUT2D eigenvalue weighted by Crippen LogP contribution is 2.19. The van der Waals surface area contributed by atoms with Gasteiger partial charge in [0.25, 0.3) is 0 Å². The SMILES string of the molecule is CC(=O)OC(C)Oc1ccccc1C(=O)O. The summed E-state index contributed by atoms with van der Waals surface area (Å²) >= 11 is 0. The van der Waals surface area contributed by atoms with Crippen LogP contribution in [0.3, 0.4) is 0 Å². The van der Waals surface area contributed by atoms with E-state index in [4.69, 9.17) is 14.6 Å². The zero-order valence-electron chi connectivity index (χ0n) is 8.97. The van der Waals surface area contributed by atoms with E-state index in [1.807, 2.05) is 0 Å². The summed E-state index contributed by atoms with van der Waals surface area (Å²) in [5.74, 6) is -1.41. The molecule has 0 spiro atoms. The standard InChI is InChI=1S/C11H12O5/c1-7(12)15-8(2)16-10-6-4-3-5-9(10)11(13)14/h3-6,8H,1-2H3,(H,13,14). The highest BCUT2D eigenvalue weighted by molar-refractivity contribution is 5.90. The number of hydrogen-bond donors (Lipinski definition) is 1. The highest BCUT2D eigenvalue weighted by atomic mass is 16.7. The summed E-state index contributed by atoms with van der Waals surface area (Å²) in [4.78, 5) is 21.5. The van der Waals surface area contributed by atoms with E-state index >= 15 is 0 Å². The summed E-state index contributed by atoms with van der Waals surface area (Å²) in [6.45, 7) is 2.77. The monoisotopic (exact) mass is 224 g/mol. The maximum absolute atomic E-state index is 10.8. The van der Waals surface area contributed by atoms with Crippen LogP contribution in [0.25, 0.3) is 0 Å². The van der Waals surface area contributed by atoms with Crippen molar-refractivity contribution in [3.05, 3.63) is 29.8 Å². The Bertz CT molecular complexity index is 399. The Balaban J connectivity index is 2.80. The number of hydrogen-bond acceptors (Lipinski definition) is 4. The predicted octanol–water partition coefficient (Wildman–Crippen LogP) is 1.67. The van der Waals surface area contributed by atoms with E-state index in [2.05, 4.69) is 0 Å². The number of aromatic carboxylic acids is 1. The van der Waals surface area contributed by atoms with Crippen LogP contribution in [0.1, 0.15) is 24.2 Å². The van der Waals surface area contributed by atoms with Gasteiger partial charge >= 0.3 is 11.9 Å². The van der Waals surface area contributed by atoms with Crippen LogP contribution in [0.4, 0.5) is 0 Å². The number of rotatable bonds is 4. The molecule has 0 saturated heterocycles. The summed E-state index contributed by atoms with van der Waals surface area (Å²) < 4.78 is 9.93. The second-order valence-electron chi connectivity index (χ2n) is 3.10. The largest absolute Gasteiger partial charge is 0.478 e. The molecule has 0 bridgehead atoms. The number of carbonyl (C=O) groups excluding carboxylic acids is 1. The molecule has 0 heterocycles. The number of benzene rings is 1. The Hall–Kier alpha value is -2.04. The van der Waals surface area contributed by atoms with Crippen LogP contribution in [0.2, 0.25) is 0 Å². The molecule has 1 unspecified atom stereocenters. The van der Waals surface area contributed by atoms with Gasteiger partial charge < -0.3 is 14.6 Å². The van der Waals surface area contributed by atoms with Crippen molar-refractivity contribution < 1.29 is 24.2 Å². The molecule has 1 aromatic carbocycles. The van der Waals surface area contributed by atoms with Gasteiger partial charge in [0, 0.05) is 13.8 Å². The maximum Gasteiger partial charge on any atom is 0.339 e. The molecule has 0 amide bonds. The van der Waals surface area contributed by atoms with Gasteiger partial charge in [-0.15, -0.1) is 0 Å². The fraction of sp³-hybridized carbons (Fsp3) is 0.273. The van der Waals surface area contributed by atoms with Crippen molar-refractivity contribution >= 4 is 11.9 Å². The van der Waals surface area contributed by atoms with E-state index < -0.39 is 18.2 Å². The zero-order chi connectivity index (χ0) is 12.1. The van der Waals surface area contributed by atoms with Crippen molar-refractivity contribution in [3.63, 3.8) is 0 Å². The molecule has 0 aliphatic heterocycles. The first-order chi connectivity index (χ1) is 7.50. The predicted molar refractivity (Wildman–Crippen MR) is 55.3 cm³/mol. The molecule has 5 nitrogen and oxygen atoms in total. The molecular weight excluding hydrogens is 212 g/mol. The van der Waals surface area contributed by atoms with Crippen molar-refractivity contribution in [2.24, 2.45) is 0 Å². The number of esters is 1. The molecule has 1 atom stereocenters. The van der Waals surface area contributed by atoms with E-state index in [-0.39, 0.29) is 11.3 Å². The number of para-hydroxylation sites is 1. The van der Waals surface area contributed by atoms with Crippen LogP contribution in [0.5, 0.6) is 5.75 Å². The van der Waals surface area contributed by atoms with Gasteiger partial charge in [-0.25, -0.2) is 4.79 Å². The lowest BCUT2D eigenvalue weighted by molar-refractivity contribution is -0.158. The Kier molecular flexibility index (Phi) is 3.88. The Labute approximate surface area is 92.6 Å². The average Bonchev–Trinajstić information content (AvgIpc) is 2.16. The quantitative estimate of drug-likeness (QED) is 0.622. The number of carbonyl (C=O) groups is 2. The van der Waals surface area contributed by atoms with E-state index in [1.165, 1.54) is 26.0 Å². The fourth-order valence-corrected chi connectivity index (χ4v) is 1.18. The van der Waals surface area contributed by atoms with Crippen molar-refractivity contribution in [1.82, 2.24) is 0 Å². The van der Waals surface area contributed by atoms with E-state index in [0.717, 1.165) is 0 Å². The number of carboxylic acids is 1. The fourth-order valence-electron chi connectivity index (χ4n) is 1.18. The van der Waals surface area contributed by atoms with Crippen molar-refractivity contribution in [2.75, 3.05) is 0 Å². The van der Waals surface area contributed by atoms with Gasteiger partial charge in [-0.3, -0.25) is 4.79 Å². The molecule has 0 aromatic heterocycles. The number of ether oxygens (including phenoxy) is 2. The van der Waals surface area contributed by atoms with Gasteiger partial charge in [0.2, 0.25) is 6.29 Å². The van der Waals surface area contributed by atoms with E-state index in [1.54, 1.807) is 12.1 Å². The molecular formula is C11H12O5. The molecule has 1 aromatic rings. The van der Waals surface area contributed by atoms with Crippen LogP contribution < -0.4 is 4.74 Å². The molecule has 0 radical (unpaired) electrons. The Morgan fingerprint density at radius 3 is 2.50 bits per heavy atom. The first-order valence-electron chi connectivity index (χ1n) is 4.67. The summed E-state index contributed by atoms with van der Waals surface area (Å²) in [7, 11) is 0. The van der Waals surface area contributed by atoms with Gasteiger partial charge in [-0.05, 0) is 12.1 Å². The molecule has 5 heteroatoms. The molecule has 1 N–H and O–H groups in total. The lowest BCUT2D eigenvalue weighted by Crippen LogP contribution is -2.20. The molecule has 0 fully saturated rings. The van der Waals surface area contributed by atoms with Crippen LogP contribution >= 0.6 is 0 Å². The summed E-state index contributed by atoms with van der Waals surface area (Å²) in [6, 6.07) is 6.15. The Morgan fingerprint density at radius 2 is 1.94 bits per heavy atom. The smallest absolute Gasteiger partial charge is 0.339 e. The van der Waals surface area contributed by atoms with Gasteiger partial charge in [0.1, 0.15) is 11.3 Å². The van der Waals surface area contributed by atoms with Gasteiger partial charge in [-0.2, -0.15) is 0 Å². The third kappa shape index (κ3) is 3.27. The average molecular weight is 224 g/mol. The first-order valence-corrected chi connectivity index (χ1v) is 4.67. The lowest BCUT2D eigenvalue weighted by Gasteiger charge is -2.15. The molecule has 0 saturated carbocycles. The van der Waals surface area contributed by atoms with Gasteiger partial charge in [-0.1, -0.05) is 12.1 Å². The van der Waals surface area contributed by atoms with E-state index in [0.29, 0.717) is 0 Å².